The van der Waals surface area contributed by atoms with E-state index in [0.29, 0.717) is 30.1 Å². The van der Waals surface area contributed by atoms with Crippen molar-refractivity contribution < 1.29 is 4.79 Å². The van der Waals surface area contributed by atoms with E-state index in [2.05, 4.69) is 35.7 Å². The average molecular weight is 451 g/mol. The molecule has 10 heteroatoms. The van der Waals surface area contributed by atoms with Crippen LogP contribution in [0.2, 0.25) is 0 Å². The predicted octanol–water partition coefficient (Wildman–Crippen LogP) is 2.77. The van der Waals surface area contributed by atoms with E-state index >= 15 is 0 Å². The van der Waals surface area contributed by atoms with Crippen molar-refractivity contribution in [3.05, 3.63) is 78.5 Å². The normalized spacial score (nSPS) is 14.0. The lowest BCUT2D eigenvalue weighted by Gasteiger charge is -2.35. The third-order valence-electron chi connectivity index (χ3n) is 5.96. The molecule has 4 heterocycles. The fourth-order valence-electron chi connectivity index (χ4n) is 4.18. The fourth-order valence-corrected chi connectivity index (χ4v) is 4.18. The van der Waals surface area contributed by atoms with E-state index < -0.39 is 0 Å². The molecule has 1 amide bonds. The molecule has 0 atom stereocenters. The van der Waals surface area contributed by atoms with Gasteiger partial charge in [-0.15, -0.1) is 5.10 Å². The number of hydrogen-bond acceptors (Lipinski definition) is 8. The Morgan fingerprint density at radius 1 is 0.882 bits per heavy atom. The number of fused-ring (bicyclic) bond motifs is 3. The largest absolute Gasteiger partial charge is 0.353 e. The molecule has 0 radical (unpaired) electrons. The topological polar surface area (TPSA) is 104 Å². The molecule has 1 aliphatic rings. The number of piperazine rings is 1. The van der Waals surface area contributed by atoms with Gasteiger partial charge in [0.1, 0.15) is 5.82 Å². The first-order valence-corrected chi connectivity index (χ1v) is 11.1. The average Bonchev–Trinajstić information content (AvgIpc) is 3.40. The number of pyridine rings is 1. The fraction of sp³-hybridized carbons (Fsp3) is 0.167. The van der Waals surface area contributed by atoms with Gasteiger partial charge in [-0.1, -0.05) is 18.2 Å². The minimum Gasteiger partial charge on any atom is -0.353 e. The zero-order valence-electron chi connectivity index (χ0n) is 18.2. The van der Waals surface area contributed by atoms with Gasteiger partial charge in [0.25, 0.3) is 5.91 Å². The SMILES string of the molecule is O=C(c1ccc(Nc2nc3ccccc3n3nnnc23)cc1)N1CCN(c2ccccn2)CC1. The highest BCUT2D eigenvalue weighted by molar-refractivity contribution is 5.95. The first-order valence-electron chi connectivity index (χ1n) is 11.1. The zero-order valence-corrected chi connectivity index (χ0v) is 18.2. The summed E-state index contributed by atoms with van der Waals surface area (Å²) in [6.45, 7) is 2.85. The molecule has 0 saturated carbocycles. The summed E-state index contributed by atoms with van der Waals surface area (Å²) in [6.07, 6.45) is 1.79. The summed E-state index contributed by atoms with van der Waals surface area (Å²) >= 11 is 0. The van der Waals surface area contributed by atoms with Gasteiger partial charge in [-0.2, -0.15) is 4.52 Å². The lowest BCUT2D eigenvalue weighted by Crippen LogP contribution is -2.49. The molecule has 34 heavy (non-hydrogen) atoms. The second-order valence-electron chi connectivity index (χ2n) is 8.03. The molecule has 6 rings (SSSR count). The number of nitrogens with one attached hydrogen (secondary N) is 1. The van der Waals surface area contributed by atoms with Crippen LogP contribution in [0.4, 0.5) is 17.3 Å². The number of anilines is 3. The second-order valence-corrected chi connectivity index (χ2v) is 8.03. The number of aromatic nitrogens is 6. The number of nitrogens with zero attached hydrogens (tertiary/aromatic N) is 8. The van der Waals surface area contributed by atoms with Gasteiger partial charge in [-0.3, -0.25) is 4.79 Å². The highest BCUT2D eigenvalue weighted by Crippen LogP contribution is 2.23. The molecular weight excluding hydrogens is 430 g/mol. The molecule has 0 bridgehead atoms. The molecule has 168 valence electrons. The molecule has 2 aromatic carbocycles. The molecule has 0 spiro atoms. The van der Waals surface area contributed by atoms with Gasteiger partial charge in [0, 0.05) is 43.6 Å². The van der Waals surface area contributed by atoms with E-state index in [4.69, 9.17) is 0 Å². The number of benzene rings is 2. The van der Waals surface area contributed by atoms with Gasteiger partial charge < -0.3 is 15.1 Å². The Hall–Kier alpha value is -4.60. The summed E-state index contributed by atoms with van der Waals surface area (Å²) in [5.74, 6) is 1.53. The van der Waals surface area contributed by atoms with Crippen LogP contribution in [0.3, 0.4) is 0 Å². The van der Waals surface area contributed by atoms with Crippen LogP contribution in [-0.2, 0) is 0 Å². The van der Waals surface area contributed by atoms with Gasteiger partial charge in [0.05, 0.1) is 11.0 Å². The summed E-state index contributed by atoms with van der Waals surface area (Å²) in [5.41, 5.74) is 3.59. The van der Waals surface area contributed by atoms with Crippen molar-refractivity contribution in [2.24, 2.45) is 0 Å². The third-order valence-corrected chi connectivity index (χ3v) is 5.96. The Balaban J connectivity index is 1.16. The molecule has 5 aromatic rings. The predicted molar refractivity (Wildman–Crippen MR) is 128 cm³/mol. The minimum atomic E-state index is 0.0279. The van der Waals surface area contributed by atoms with Crippen LogP contribution in [0.1, 0.15) is 10.4 Å². The first-order chi connectivity index (χ1) is 16.8. The third kappa shape index (κ3) is 3.64. The minimum absolute atomic E-state index is 0.0279. The summed E-state index contributed by atoms with van der Waals surface area (Å²) in [4.78, 5) is 26.2. The van der Waals surface area contributed by atoms with E-state index in [0.717, 1.165) is 35.6 Å². The standard InChI is InChI=1S/C24H21N9O/c34-24(32-15-13-31(14-16-32)21-7-3-4-12-25-21)17-8-10-18(11-9-17)26-22-23-28-29-30-33(23)20-6-2-1-5-19(20)27-22/h1-12H,13-16H2,(H,26,27). The summed E-state index contributed by atoms with van der Waals surface area (Å²) < 4.78 is 1.66. The Bertz CT molecular complexity index is 1460. The molecule has 1 N–H and O–H groups in total. The van der Waals surface area contributed by atoms with Crippen molar-refractivity contribution in [1.29, 1.82) is 0 Å². The highest BCUT2D eigenvalue weighted by Gasteiger charge is 2.23. The number of para-hydroxylation sites is 2. The van der Waals surface area contributed by atoms with E-state index in [1.165, 1.54) is 0 Å². The molecular formula is C24H21N9O. The maximum absolute atomic E-state index is 13.0. The Labute approximate surface area is 194 Å². The van der Waals surface area contributed by atoms with Crippen LogP contribution in [0.15, 0.2) is 72.9 Å². The van der Waals surface area contributed by atoms with Gasteiger partial charge in [0.2, 0.25) is 5.65 Å². The van der Waals surface area contributed by atoms with Crippen molar-refractivity contribution in [2.45, 2.75) is 0 Å². The van der Waals surface area contributed by atoms with Crippen LogP contribution >= 0.6 is 0 Å². The van der Waals surface area contributed by atoms with Crippen LogP contribution in [-0.4, -0.2) is 67.0 Å². The van der Waals surface area contributed by atoms with Crippen LogP contribution in [0.5, 0.6) is 0 Å². The number of rotatable bonds is 4. The van der Waals surface area contributed by atoms with E-state index in [1.54, 1.807) is 10.7 Å². The van der Waals surface area contributed by atoms with Gasteiger partial charge in [0.15, 0.2) is 5.82 Å². The van der Waals surface area contributed by atoms with Crippen LogP contribution < -0.4 is 10.2 Å². The van der Waals surface area contributed by atoms with Crippen molar-refractivity contribution in [2.75, 3.05) is 36.4 Å². The van der Waals surface area contributed by atoms with Crippen molar-refractivity contribution in [1.82, 2.24) is 34.9 Å². The van der Waals surface area contributed by atoms with Crippen molar-refractivity contribution in [3.8, 4) is 0 Å². The number of carbonyl (C=O) groups excluding carboxylic acids is 1. The van der Waals surface area contributed by atoms with Crippen molar-refractivity contribution >= 4 is 39.9 Å². The van der Waals surface area contributed by atoms with Gasteiger partial charge in [-0.25, -0.2) is 9.97 Å². The van der Waals surface area contributed by atoms with E-state index in [-0.39, 0.29) is 5.91 Å². The smallest absolute Gasteiger partial charge is 0.253 e. The van der Waals surface area contributed by atoms with Gasteiger partial charge in [-0.05, 0) is 59.0 Å². The molecule has 1 aliphatic heterocycles. The maximum atomic E-state index is 13.0. The summed E-state index contributed by atoms with van der Waals surface area (Å²) in [5, 5.41) is 15.3. The van der Waals surface area contributed by atoms with Crippen LogP contribution in [0.25, 0.3) is 16.7 Å². The number of hydrogen-bond donors (Lipinski definition) is 1. The summed E-state index contributed by atoms with van der Waals surface area (Å²) in [6, 6.07) is 21.0. The molecule has 1 fully saturated rings. The Morgan fingerprint density at radius 3 is 2.47 bits per heavy atom. The monoisotopic (exact) mass is 451 g/mol. The Kier molecular flexibility index (Phi) is 4.95. The second kappa shape index (κ2) is 8.39. The van der Waals surface area contributed by atoms with Crippen LogP contribution in [0, 0.1) is 0 Å². The molecule has 3 aromatic heterocycles. The maximum Gasteiger partial charge on any atom is 0.253 e. The molecule has 0 aliphatic carbocycles. The van der Waals surface area contributed by atoms with E-state index in [9.17, 15) is 4.79 Å². The van der Waals surface area contributed by atoms with E-state index in [1.807, 2.05) is 71.6 Å². The molecule has 10 nitrogen and oxygen atoms in total. The molecule has 0 unspecified atom stereocenters. The number of carbonyl (C=O) groups is 1. The lowest BCUT2D eigenvalue weighted by molar-refractivity contribution is 0.0746. The Morgan fingerprint density at radius 2 is 1.68 bits per heavy atom. The molecule has 1 saturated heterocycles. The summed E-state index contributed by atoms with van der Waals surface area (Å²) in [7, 11) is 0. The highest BCUT2D eigenvalue weighted by atomic mass is 16.2. The zero-order chi connectivity index (χ0) is 22.9. The number of amides is 1. The number of tetrazole rings is 1. The van der Waals surface area contributed by atoms with Crippen molar-refractivity contribution in [3.63, 3.8) is 0 Å². The van der Waals surface area contributed by atoms with Gasteiger partial charge >= 0.3 is 0 Å². The lowest BCUT2D eigenvalue weighted by atomic mass is 10.1. The first kappa shape index (κ1) is 20.0. The quantitative estimate of drug-likeness (QED) is 0.445.